The second-order valence-corrected chi connectivity index (χ2v) is 6.20. The van der Waals surface area contributed by atoms with Crippen molar-refractivity contribution in [1.29, 1.82) is 0 Å². The van der Waals surface area contributed by atoms with Gasteiger partial charge in [0.15, 0.2) is 5.69 Å². The van der Waals surface area contributed by atoms with E-state index in [9.17, 15) is 4.79 Å². The van der Waals surface area contributed by atoms with Gasteiger partial charge < -0.3 is 10.6 Å². The first-order valence-corrected chi connectivity index (χ1v) is 6.45. The number of carbonyl (C=O) groups is 1. The maximum absolute atomic E-state index is 12.4. The van der Waals surface area contributed by atoms with Gasteiger partial charge in [0.1, 0.15) is 0 Å². The summed E-state index contributed by atoms with van der Waals surface area (Å²) < 4.78 is 0. The summed E-state index contributed by atoms with van der Waals surface area (Å²) in [6.45, 7) is 9.96. The second kappa shape index (κ2) is 4.30. The number of nitrogens with two attached hydrogens (primary N) is 1. The number of anilines is 1. The Morgan fingerprint density at radius 1 is 1.50 bits per heavy atom. The monoisotopic (exact) mass is 250 g/mol. The van der Waals surface area contributed by atoms with Crippen molar-refractivity contribution in [2.45, 2.75) is 40.0 Å². The van der Waals surface area contributed by atoms with Crippen LogP contribution in [0.25, 0.3) is 0 Å². The Morgan fingerprint density at radius 2 is 2.17 bits per heavy atom. The van der Waals surface area contributed by atoms with Gasteiger partial charge in [-0.15, -0.1) is 0 Å². The van der Waals surface area contributed by atoms with E-state index >= 15 is 0 Å². The fourth-order valence-electron chi connectivity index (χ4n) is 2.40. The molecule has 0 bridgehead atoms. The van der Waals surface area contributed by atoms with Gasteiger partial charge >= 0.3 is 0 Å². The predicted octanol–water partition coefficient (Wildman–Crippen LogP) is 1.99. The number of hydrogen-bond acceptors (Lipinski definition) is 3. The van der Waals surface area contributed by atoms with Crippen LogP contribution in [0.4, 0.5) is 5.69 Å². The first-order valence-electron chi connectivity index (χ1n) is 6.45. The molecule has 1 amide bonds. The highest BCUT2D eigenvalue weighted by atomic mass is 16.2. The minimum atomic E-state index is -0.0544. The minimum absolute atomic E-state index is 0.0544. The maximum Gasteiger partial charge on any atom is 0.276 e. The molecule has 100 valence electrons. The molecule has 1 saturated heterocycles. The summed E-state index contributed by atoms with van der Waals surface area (Å²) in [6, 6.07) is 0. The van der Waals surface area contributed by atoms with Crippen molar-refractivity contribution in [3.8, 4) is 0 Å². The Labute approximate surface area is 108 Å². The van der Waals surface area contributed by atoms with Crippen LogP contribution < -0.4 is 5.73 Å². The number of amides is 1. The highest BCUT2D eigenvalue weighted by molar-refractivity contribution is 5.97. The Balaban J connectivity index is 2.20. The van der Waals surface area contributed by atoms with E-state index in [0.29, 0.717) is 11.4 Å². The van der Waals surface area contributed by atoms with Crippen molar-refractivity contribution in [2.75, 3.05) is 18.8 Å². The van der Waals surface area contributed by atoms with Gasteiger partial charge in [-0.1, -0.05) is 27.7 Å². The number of rotatable bonds is 2. The lowest BCUT2D eigenvalue weighted by Crippen LogP contribution is -2.31. The molecule has 0 unspecified atom stereocenters. The molecule has 2 heterocycles. The van der Waals surface area contributed by atoms with Crippen LogP contribution in [0, 0.1) is 5.41 Å². The van der Waals surface area contributed by atoms with Crippen LogP contribution in [-0.4, -0.2) is 34.1 Å². The molecule has 0 spiro atoms. The topological polar surface area (TPSA) is 75.0 Å². The number of nitrogens with one attached hydrogen (secondary N) is 1. The number of carbonyl (C=O) groups excluding carboxylic acids is 1. The van der Waals surface area contributed by atoms with Crippen LogP contribution in [0.3, 0.4) is 0 Å². The van der Waals surface area contributed by atoms with Crippen molar-refractivity contribution in [3.05, 3.63) is 11.4 Å². The zero-order valence-electron chi connectivity index (χ0n) is 11.6. The fourth-order valence-corrected chi connectivity index (χ4v) is 2.40. The van der Waals surface area contributed by atoms with Gasteiger partial charge in [0.2, 0.25) is 0 Å². The molecule has 1 aromatic heterocycles. The zero-order chi connectivity index (χ0) is 13.5. The van der Waals surface area contributed by atoms with E-state index in [-0.39, 0.29) is 17.2 Å². The number of H-pyrrole nitrogens is 1. The van der Waals surface area contributed by atoms with Gasteiger partial charge in [0.05, 0.1) is 11.4 Å². The molecule has 5 heteroatoms. The highest BCUT2D eigenvalue weighted by Gasteiger charge is 2.34. The van der Waals surface area contributed by atoms with Crippen molar-refractivity contribution in [2.24, 2.45) is 5.41 Å². The van der Waals surface area contributed by atoms with E-state index in [0.717, 1.165) is 25.2 Å². The Kier molecular flexibility index (Phi) is 3.09. The summed E-state index contributed by atoms with van der Waals surface area (Å²) in [6.07, 6.45) is 1.03. The van der Waals surface area contributed by atoms with Crippen LogP contribution in [0.1, 0.15) is 56.2 Å². The van der Waals surface area contributed by atoms with E-state index < -0.39 is 0 Å². The van der Waals surface area contributed by atoms with Gasteiger partial charge in [-0.2, -0.15) is 5.10 Å². The Hall–Kier alpha value is -1.52. The quantitative estimate of drug-likeness (QED) is 0.842. The average Bonchev–Trinajstić information content (AvgIpc) is 2.80. The summed E-state index contributed by atoms with van der Waals surface area (Å²) in [5.41, 5.74) is 7.91. The molecular weight excluding hydrogens is 228 g/mol. The third-order valence-electron chi connectivity index (χ3n) is 3.58. The summed E-state index contributed by atoms with van der Waals surface area (Å²) >= 11 is 0. The summed E-state index contributed by atoms with van der Waals surface area (Å²) in [4.78, 5) is 14.2. The lowest BCUT2D eigenvalue weighted by molar-refractivity contribution is 0.0773. The van der Waals surface area contributed by atoms with Gasteiger partial charge in [-0.25, -0.2) is 0 Å². The normalized spacial score (nSPS) is 18.6. The molecule has 1 aliphatic heterocycles. The SMILES string of the molecule is CC(C)c1[nH]nc(C(=O)N2CCC(C)(C)C2)c1N. The number of aromatic nitrogens is 2. The summed E-state index contributed by atoms with van der Waals surface area (Å²) in [5, 5.41) is 6.96. The van der Waals surface area contributed by atoms with Gasteiger partial charge in [-0.05, 0) is 17.8 Å². The van der Waals surface area contributed by atoms with Crippen LogP contribution in [-0.2, 0) is 0 Å². The molecule has 3 N–H and O–H groups in total. The summed E-state index contributed by atoms with van der Waals surface area (Å²) in [5.74, 6) is 0.190. The molecule has 18 heavy (non-hydrogen) atoms. The van der Waals surface area contributed by atoms with Crippen LogP contribution in [0.5, 0.6) is 0 Å². The second-order valence-electron chi connectivity index (χ2n) is 6.20. The molecule has 0 aliphatic carbocycles. The van der Waals surface area contributed by atoms with Crippen LogP contribution in [0.2, 0.25) is 0 Å². The smallest absolute Gasteiger partial charge is 0.276 e. The standard InChI is InChI=1S/C13H22N4O/c1-8(2)10-9(14)11(16-15-10)12(18)17-6-5-13(3,4)7-17/h8H,5-7,14H2,1-4H3,(H,15,16). The molecule has 0 saturated carbocycles. The molecular formula is C13H22N4O. The maximum atomic E-state index is 12.4. The third kappa shape index (κ3) is 2.21. The van der Waals surface area contributed by atoms with E-state index in [1.54, 1.807) is 0 Å². The van der Waals surface area contributed by atoms with E-state index in [2.05, 4.69) is 24.0 Å². The first kappa shape index (κ1) is 12.9. The molecule has 5 nitrogen and oxygen atoms in total. The van der Waals surface area contributed by atoms with Crippen LogP contribution >= 0.6 is 0 Å². The summed E-state index contributed by atoms with van der Waals surface area (Å²) in [7, 11) is 0. The van der Waals surface area contributed by atoms with E-state index in [1.165, 1.54) is 0 Å². The predicted molar refractivity (Wildman–Crippen MR) is 71.4 cm³/mol. The lowest BCUT2D eigenvalue weighted by atomic mass is 9.93. The number of nitrogens with zero attached hydrogens (tertiary/aromatic N) is 2. The average molecular weight is 250 g/mol. The molecule has 1 aromatic rings. The van der Waals surface area contributed by atoms with E-state index in [4.69, 9.17) is 5.73 Å². The number of hydrogen-bond donors (Lipinski definition) is 2. The van der Waals surface area contributed by atoms with Gasteiger partial charge in [-0.3, -0.25) is 9.89 Å². The van der Waals surface area contributed by atoms with Crippen molar-refractivity contribution in [1.82, 2.24) is 15.1 Å². The molecule has 0 atom stereocenters. The van der Waals surface area contributed by atoms with Crippen LogP contribution in [0.15, 0.2) is 0 Å². The highest BCUT2D eigenvalue weighted by Crippen LogP contribution is 2.31. The van der Waals surface area contributed by atoms with Crippen molar-refractivity contribution < 1.29 is 4.79 Å². The number of likely N-dealkylation sites (tertiary alicyclic amines) is 1. The van der Waals surface area contributed by atoms with Gasteiger partial charge in [0.25, 0.3) is 5.91 Å². The molecule has 1 aliphatic rings. The Morgan fingerprint density at radius 3 is 2.61 bits per heavy atom. The lowest BCUT2D eigenvalue weighted by Gasteiger charge is -2.19. The first-order chi connectivity index (χ1) is 8.32. The van der Waals surface area contributed by atoms with Crippen molar-refractivity contribution in [3.63, 3.8) is 0 Å². The molecule has 0 radical (unpaired) electrons. The van der Waals surface area contributed by atoms with Gasteiger partial charge in [0, 0.05) is 13.1 Å². The zero-order valence-corrected chi connectivity index (χ0v) is 11.6. The van der Waals surface area contributed by atoms with Crippen molar-refractivity contribution >= 4 is 11.6 Å². The Bertz CT molecular complexity index is 462. The number of nitrogen functional groups attached to an aromatic ring is 1. The van der Waals surface area contributed by atoms with E-state index in [1.807, 2.05) is 18.7 Å². The molecule has 2 rings (SSSR count). The largest absolute Gasteiger partial charge is 0.395 e. The minimum Gasteiger partial charge on any atom is -0.395 e. The molecule has 0 aromatic carbocycles. The number of aromatic amines is 1. The molecule has 1 fully saturated rings. The fraction of sp³-hybridized carbons (Fsp3) is 0.692. The third-order valence-corrected chi connectivity index (χ3v) is 3.58.